The second kappa shape index (κ2) is 5.74. The lowest BCUT2D eigenvalue weighted by Gasteiger charge is -2.20. The van der Waals surface area contributed by atoms with Gasteiger partial charge in [0.25, 0.3) is 0 Å². The summed E-state index contributed by atoms with van der Waals surface area (Å²) in [5.74, 6) is 0.142. The third kappa shape index (κ3) is 3.79. The van der Waals surface area contributed by atoms with Gasteiger partial charge in [0.15, 0.2) is 0 Å². The zero-order chi connectivity index (χ0) is 13.0. The fourth-order valence-electron chi connectivity index (χ4n) is 1.04. The minimum absolute atomic E-state index is 0.0180. The van der Waals surface area contributed by atoms with Gasteiger partial charge in [0.2, 0.25) is 11.1 Å². The molecule has 0 amide bonds. The SMILES string of the molecule is CC(CNc1nc(Cl)ncc1[N+](=O)[O-])N(C)C. The molecule has 0 radical (unpaired) electrons. The molecule has 1 atom stereocenters. The average molecular weight is 260 g/mol. The average Bonchev–Trinajstić information content (AvgIpc) is 2.25. The van der Waals surface area contributed by atoms with Crippen molar-refractivity contribution in [3.8, 4) is 0 Å². The van der Waals surface area contributed by atoms with Gasteiger partial charge in [-0.2, -0.15) is 4.98 Å². The highest BCUT2D eigenvalue weighted by atomic mass is 35.5. The van der Waals surface area contributed by atoms with E-state index in [4.69, 9.17) is 11.6 Å². The molecule has 0 aliphatic rings. The molecule has 0 saturated carbocycles. The van der Waals surface area contributed by atoms with Gasteiger partial charge in [-0.05, 0) is 32.6 Å². The number of halogens is 1. The van der Waals surface area contributed by atoms with Gasteiger partial charge in [0.05, 0.1) is 4.92 Å². The van der Waals surface area contributed by atoms with E-state index in [0.717, 1.165) is 6.20 Å². The van der Waals surface area contributed by atoms with Crippen LogP contribution in [0.2, 0.25) is 5.28 Å². The van der Waals surface area contributed by atoms with Crippen LogP contribution in [0.5, 0.6) is 0 Å². The van der Waals surface area contributed by atoms with E-state index in [-0.39, 0.29) is 22.8 Å². The highest BCUT2D eigenvalue weighted by Crippen LogP contribution is 2.21. The van der Waals surface area contributed by atoms with Crippen LogP contribution in [0.25, 0.3) is 0 Å². The number of nitro groups is 1. The number of hydrogen-bond acceptors (Lipinski definition) is 6. The number of rotatable bonds is 5. The van der Waals surface area contributed by atoms with Crippen molar-refractivity contribution in [2.24, 2.45) is 0 Å². The topological polar surface area (TPSA) is 84.2 Å². The van der Waals surface area contributed by atoms with Crippen LogP contribution in [0.1, 0.15) is 6.92 Å². The molecular formula is C9H14ClN5O2. The Hall–Kier alpha value is -1.47. The second-order valence-corrected chi connectivity index (χ2v) is 4.16. The molecule has 94 valence electrons. The highest BCUT2D eigenvalue weighted by molar-refractivity contribution is 6.28. The number of hydrogen-bond donors (Lipinski definition) is 1. The van der Waals surface area contributed by atoms with Gasteiger partial charge < -0.3 is 10.2 Å². The lowest BCUT2D eigenvalue weighted by atomic mass is 10.3. The molecule has 7 nitrogen and oxygen atoms in total. The largest absolute Gasteiger partial charge is 0.363 e. The Morgan fingerprint density at radius 1 is 1.65 bits per heavy atom. The van der Waals surface area contributed by atoms with E-state index in [1.54, 1.807) is 0 Å². The third-order valence-corrected chi connectivity index (χ3v) is 2.57. The predicted octanol–water partition coefficient (Wildman–Crippen LogP) is 1.40. The molecule has 17 heavy (non-hydrogen) atoms. The van der Waals surface area contributed by atoms with Gasteiger partial charge in [-0.1, -0.05) is 0 Å². The van der Waals surface area contributed by atoms with E-state index < -0.39 is 4.92 Å². The van der Waals surface area contributed by atoms with Gasteiger partial charge in [0.1, 0.15) is 6.20 Å². The van der Waals surface area contributed by atoms with Gasteiger partial charge in [-0.15, -0.1) is 0 Å². The van der Waals surface area contributed by atoms with Crippen LogP contribution in [-0.4, -0.2) is 46.5 Å². The monoisotopic (exact) mass is 259 g/mol. The molecule has 0 bridgehead atoms. The Balaban J connectivity index is 2.82. The zero-order valence-corrected chi connectivity index (χ0v) is 10.6. The first-order valence-corrected chi connectivity index (χ1v) is 5.37. The van der Waals surface area contributed by atoms with E-state index in [1.807, 2.05) is 25.9 Å². The van der Waals surface area contributed by atoms with E-state index in [9.17, 15) is 10.1 Å². The van der Waals surface area contributed by atoms with Crippen LogP contribution in [0.3, 0.4) is 0 Å². The van der Waals surface area contributed by atoms with Gasteiger partial charge in [-0.25, -0.2) is 4.98 Å². The predicted molar refractivity (Wildman–Crippen MR) is 65.3 cm³/mol. The smallest absolute Gasteiger partial charge is 0.329 e. The maximum atomic E-state index is 10.7. The first-order chi connectivity index (χ1) is 7.91. The van der Waals surface area contributed by atoms with Crippen molar-refractivity contribution < 1.29 is 4.92 Å². The molecule has 0 aliphatic heterocycles. The van der Waals surface area contributed by atoms with E-state index in [0.29, 0.717) is 6.54 Å². The maximum Gasteiger partial charge on any atom is 0.329 e. The summed E-state index contributed by atoms with van der Waals surface area (Å²) in [5.41, 5.74) is -0.180. The summed E-state index contributed by atoms with van der Waals surface area (Å²) < 4.78 is 0. The van der Waals surface area contributed by atoms with Crippen molar-refractivity contribution in [1.82, 2.24) is 14.9 Å². The molecule has 1 N–H and O–H groups in total. The summed E-state index contributed by atoms with van der Waals surface area (Å²) in [5, 5.41) is 13.6. The number of nitrogens with one attached hydrogen (secondary N) is 1. The van der Waals surface area contributed by atoms with E-state index >= 15 is 0 Å². The zero-order valence-electron chi connectivity index (χ0n) is 9.85. The molecule has 0 fully saturated rings. The van der Waals surface area contributed by atoms with Crippen molar-refractivity contribution in [2.75, 3.05) is 26.0 Å². The van der Waals surface area contributed by atoms with Crippen molar-refractivity contribution in [3.05, 3.63) is 21.6 Å². The number of nitrogens with zero attached hydrogens (tertiary/aromatic N) is 4. The van der Waals surface area contributed by atoms with E-state index in [2.05, 4.69) is 15.3 Å². The normalized spacial score (nSPS) is 12.5. The summed E-state index contributed by atoms with van der Waals surface area (Å²) in [6.45, 7) is 2.52. The van der Waals surface area contributed by atoms with Gasteiger partial charge >= 0.3 is 5.69 Å². The van der Waals surface area contributed by atoms with Crippen LogP contribution in [0.15, 0.2) is 6.20 Å². The lowest BCUT2D eigenvalue weighted by molar-refractivity contribution is -0.384. The van der Waals surface area contributed by atoms with Gasteiger partial charge in [-0.3, -0.25) is 10.1 Å². The van der Waals surface area contributed by atoms with Crippen LogP contribution < -0.4 is 5.32 Å². The molecule has 0 aromatic carbocycles. The number of likely N-dealkylation sites (N-methyl/N-ethyl adjacent to an activating group) is 1. The maximum absolute atomic E-state index is 10.7. The van der Waals surface area contributed by atoms with Crippen LogP contribution in [0, 0.1) is 10.1 Å². The Morgan fingerprint density at radius 3 is 2.82 bits per heavy atom. The summed E-state index contributed by atoms with van der Waals surface area (Å²) in [7, 11) is 3.85. The summed E-state index contributed by atoms with van der Waals surface area (Å²) in [6.07, 6.45) is 1.10. The first-order valence-electron chi connectivity index (χ1n) is 4.99. The lowest BCUT2D eigenvalue weighted by Crippen LogP contribution is -2.31. The Labute approximate surface area is 104 Å². The molecule has 1 aromatic rings. The molecule has 1 rings (SSSR count). The van der Waals surface area contributed by atoms with E-state index in [1.165, 1.54) is 0 Å². The Bertz CT molecular complexity index is 412. The molecule has 1 aromatic heterocycles. The Morgan fingerprint density at radius 2 is 2.29 bits per heavy atom. The molecule has 0 aliphatic carbocycles. The molecule has 0 spiro atoms. The first kappa shape index (κ1) is 13.6. The summed E-state index contributed by atoms with van der Waals surface area (Å²) >= 11 is 5.60. The highest BCUT2D eigenvalue weighted by Gasteiger charge is 2.17. The molecule has 1 unspecified atom stereocenters. The fraction of sp³-hybridized carbons (Fsp3) is 0.556. The molecule has 0 saturated heterocycles. The van der Waals surface area contributed by atoms with Gasteiger partial charge in [0, 0.05) is 12.6 Å². The minimum atomic E-state index is -0.543. The van der Waals surface area contributed by atoms with Crippen molar-refractivity contribution in [2.45, 2.75) is 13.0 Å². The molecule has 1 heterocycles. The second-order valence-electron chi connectivity index (χ2n) is 3.82. The van der Waals surface area contributed by atoms with Crippen molar-refractivity contribution >= 4 is 23.1 Å². The third-order valence-electron chi connectivity index (χ3n) is 2.38. The molecular weight excluding hydrogens is 246 g/mol. The van der Waals surface area contributed by atoms with Crippen LogP contribution in [-0.2, 0) is 0 Å². The number of anilines is 1. The van der Waals surface area contributed by atoms with Crippen molar-refractivity contribution in [1.29, 1.82) is 0 Å². The summed E-state index contributed by atoms with van der Waals surface area (Å²) in [6, 6.07) is 0.211. The Kier molecular flexibility index (Phi) is 4.59. The van der Waals surface area contributed by atoms with Crippen LogP contribution >= 0.6 is 11.6 Å². The quantitative estimate of drug-likeness (QED) is 0.489. The molecule has 8 heteroatoms. The van der Waals surface area contributed by atoms with Crippen LogP contribution in [0.4, 0.5) is 11.5 Å². The standard InChI is InChI=1S/C9H14ClN5O2/c1-6(14(2)3)4-11-8-7(15(16)17)5-12-9(10)13-8/h5-6H,4H2,1-3H3,(H,11,12,13). The fourth-order valence-corrected chi connectivity index (χ4v) is 1.18. The van der Waals surface area contributed by atoms with Crippen molar-refractivity contribution in [3.63, 3.8) is 0 Å². The number of aromatic nitrogens is 2. The minimum Gasteiger partial charge on any atom is -0.363 e. The summed E-state index contributed by atoms with van der Waals surface area (Å²) in [4.78, 5) is 19.6.